The van der Waals surface area contributed by atoms with Gasteiger partial charge in [0.15, 0.2) is 11.8 Å². The number of hydrogen-bond acceptors (Lipinski definition) is 3. The molecule has 0 unspecified atom stereocenters. The van der Waals surface area contributed by atoms with Gasteiger partial charge in [-0.1, -0.05) is 31.5 Å². The molecule has 0 spiro atoms. The predicted octanol–water partition coefficient (Wildman–Crippen LogP) is 2.74. The Morgan fingerprint density at radius 3 is 2.65 bits per heavy atom. The van der Waals surface area contributed by atoms with Crippen molar-refractivity contribution in [3.05, 3.63) is 42.5 Å². The van der Waals surface area contributed by atoms with Crippen molar-refractivity contribution in [1.82, 2.24) is 25.4 Å². The maximum atomic E-state index is 4.58. The van der Waals surface area contributed by atoms with Crippen LogP contribution in [0.15, 0.2) is 41.7 Å². The molecule has 0 atom stereocenters. The third-order valence-corrected chi connectivity index (χ3v) is 3.20. The van der Waals surface area contributed by atoms with E-state index < -0.39 is 0 Å². The normalized spacial score (nSPS) is 11.0. The summed E-state index contributed by atoms with van der Waals surface area (Å²) >= 11 is 0. The number of hydrogen-bond donors (Lipinski definition) is 2. The maximum Gasteiger partial charge on any atom is 0.191 e. The molecule has 0 saturated heterocycles. The molecule has 1 aromatic carbocycles. The Morgan fingerprint density at radius 2 is 1.96 bits per heavy atom. The number of aliphatic imine (C=N–C) groups is 1. The molecule has 0 radical (unpaired) electrons. The van der Waals surface area contributed by atoms with Gasteiger partial charge in [0.2, 0.25) is 0 Å². The lowest BCUT2D eigenvalue weighted by molar-refractivity contribution is 0.726. The van der Waals surface area contributed by atoms with Crippen LogP contribution in [0.2, 0.25) is 0 Å². The van der Waals surface area contributed by atoms with E-state index in [-0.39, 0.29) is 24.0 Å². The molecule has 0 aliphatic heterocycles. The molecular weight excluding hydrogens is 403 g/mol. The highest BCUT2D eigenvalue weighted by molar-refractivity contribution is 14.0. The Morgan fingerprint density at radius 1 is 1.17 bits per heavy atom. The highest BCUT2D eigenvalue weighted by Crippen LogP contribution is 2.09. The molecule has 1 aromatic heterocycles. The minimum Gasteiger partial charge on any atom is -0.357 e. The van der Waals surface area contributed by atoms with E-state index in [9.17, 15) is 0 Å². The van der Waals surface area contributed by atoms with Crippen LogP contribution >= 0.6 is 24.0 Å². The van der Waals surface area contributed by atoms with Gasteiger partial charge in [0.1, 0.15) is 12.9 Å². The van der Waals surface area contributed by atoms with Gasteiger partial charge in [0.05, 0.1) is 0 Å². The van der Waals surface area contributed by atoms with Crippen LogP contribution in [-0.4, -0.2) is 33.8 Å². The number of halogens is 1. The minimum absolute atomic E-state index is 0. The molecule has 0 fully saturated rings. The van der Waals surface area contributed by atoms with Crippen molar-refractivity contribution in [1.29, 1.82) is 0 Å². The van der Waals surface area contributed by atoms with E-state index in [1.807, 2.05) is 34.9 Å². The summed E-state index contributed by atoms with van der Waals surface area (Å²) in [6, 6.07) is 10.0. The van der Waals surface area contributed by atoms with Crippen LogP contribution in [0.1, 0.15) is 32.5 Å². The quantitative estimate of drug-likeness (QED) is 0.308. The lowest BCUT2D eigenvalue weighted by Crippen LogP contribution is -2.37. The third kappa shape index (κ3) is 6.17. The zero-order valence-electron chi connectivity index (χ0n) is 13.7. The highest BCUT2D eigenvalue weighted by Gasteiger charge is 2.06. The predicted molar refractivity (Wildman–Crippen MR) is 105 cm³/mol. The average Bonchev–Trinajstić information content (AvgIpc) is 3.02. The van der Waals surface area contributed by atoms with Gasteiger partial charge in [-0.3, -0.25) is 4.57 Å². The van der Waals surface area contributed by atoms with Gasteiger partial charge in [-0.05, 0) is 25.5 Å². The molecule has 0 amide bonds. The highest BCUT2D eigenvalue weighted by atomic mass is 127. The first-order valence-corrected chi connectivity index (χ1v) is 7.81. The molecule has 1 heterocycles. The summed E-state index contributed by atoms with van der Waals surface area (Å²) in [5, 5.41) is 14.7. The summed E-state index contributed by atoms with van der Waals surface area (Å²) in [6.07, 6.45) is 4.01. The molecule has 6 nitrogen and oxygen atoms in total. The number of rotatable bonds is 7. The molecule has 2 N–H and O–H groups in total. The van der Waals surface area contributed by atoms with Gasteiger partial charge in [-0.15, -0.1) is 34.2 Å². The van der Waals surface area contributed by atoms with E-state index in [0.29, 0.717) is 6.54 Å². The van der Waals surface area contributed by atoms with Crippen LogP contribution < -0.4 is 10.6 Å². The zero-order valence-corrected chi connectivity index (χ0v) is 16.0. The number of para-hydroxylation sites is 1. The van der Waals surface area contributed by atoms with Gasteiger partial charge in [0.25, 0.3) is 0 Å². The Bertz CT molecular complexity index is 581. The lowest BCUT2D eigenvalue weighted by atomic mass is 10.3. The van der Waals surface area contributed by atoms with Crippen molar-refractivity contribution >= 4 is 29.9 Å². The number of aromatic nitrogens is 3. The van der Waals surface area contributed by atoms with Gasteiger partial charge in [-0.25, -0.2) is 4.99 Å². The van der Waals surface area contributed by atoms with Crippen molar-refractivity contribution in [2.45, 2.75) is 33.2 Å². The Labute approximate surface area is 154 Å². The van der Waals surface area contributed by atoms with E-state index >= 15 is 0 Å². The molecule has 0 aliphatic rings. The van der Waals surface area contributed by atoms with E-state index in [1.165, 1.54) is 0 Å². The third-order valence-electron chi connectivity index (χ3n) is 3.20. The minimum atomic E-state index is 0. The number of nitrogens with one attached hydrogen (secondary N) is 2. The number of unbranched alkanes of at least 4 members (excludes halogenated alkanes) is 1. The fourth-order valence-electron chi connectivity index (χ4n) is 2.05. The van der Waals surface area contributed by atoms with Crippen molar-refractivity contribution < 1.29 is 0 Å². The zero-order chi connectivity index (χ0) is 15.6. The van der Waals surface area contributed by atoms with Gasteiger partial charge in [-0.2, -0.15) is 0 Å². The molecule has 7 heteroatoms. The van der Waals surface area contributed by atoms with E-state index in [0.717, 1.165) is 43.4 Å². The summed E-state index contributed by atoms with van der Waals surface area (Å²) in [7, 11) is 0. The Balaban J connectivity index is 0.00000264. The molecule has 0 aliphatic carbocycles. The average molecular weight is 428 g/mol. The second kappa shape index (κ2) is 11.0. The molecule has 126 valence electrons. The summed E-state index contributed by atoms with van der Waals surface area (Å²) in [5.74, 6) is 1.64. The first-order valence-electron chi connectivity index (χ1n) is 7.81. The first kappa shape index (κ1) is 19.4. The van der Waals surface area contributed by atoms with E-state index in [4.69, 9.17) is 0 Å². The maximum absolute atomic E-state index is 4.58. The SMILES string of the molecule is CCCCNC(=NCc1nncn1-c1ccccc1)NCC.I. The van der Waals surface area contributed by atoms with Crippen LogP contribution in [0.5, 0.6) is 0 Å². The number of guanidine groups is 1. The topological polar surface area (TPSA) is 67.1 Å². The Kier molecular flexibility index (Phi) is 9.27. The van der Waals surface area contributed by atoms with E-state index in [1.54, 1.807) is 6.33 Å². The van der Waals surface area contributed by atoms with Gasteiger partial charge >= 0.3 is 0 Å². The van der Waals surface area contributed by atoms with Crippen molar-refractivity contribution in [2.24, 2.45) is 4.99 Å². The van der Waals surface area contributed by atoms with Crippen LogP contribution in [0, 0.1) is 0 Å². The second-order valence-corrected chi connectivity index (χ2v) is 4.93. The van der Waals surface area contributed by atoms with Gasteiger partial charge in [0, 0.05) is 18.8 Å². The summed E-state index contributed by atoms with van der Waals surface area (Å²) in [6.45, 7) is 6.48. The van der Waals surface area contributed by atoms with Crippen molar-refractivity contribution in [2.75, 3.05) is 13.1 Å². The largest absolute Gasteiger partial charge is 0.357 e. The standard InChI is InChI=1S/C16H24N6.HI/c1-3-5-11-18-16(17-4-2)19-12-15-21-20-13-22(15)14-9-7-6-8-10-14;/h6-10,13H,3-5,11-12H2,1-2H3,(H2,17,18,19);1H. The Hall–Kier alpha value is -1.64. The number of benzene rings is 1. The molecule has 0 bridgehead atoms. The van der Waals surface area contributed by atoms with Crippen LogP contribution in [-0.2, 0) is 6.54 Å². The molecule has 2 rings (SSSR count). The summed E-state index contributed by atoms with van der Waals surface area (Å²) < 4.78 is 1.96. The van der Waals surface area contributed by atoms with Crippen LogP contribution in [0.4, 0.5) is 0 Å². The second-order valence-electron chi connectivity index (χ2n) is 4.93. The molecule has 2 aromatic rings. The van der Waals surface area contributed by atoms with Crippen LogP contribution in [0.25, 0.3) is 5.69 Å². The number of nitrogens with zero attached hydrogens (tertiary/aromatic N) is 4. The van der Waals surface area contributed by atoms with Gasteiger partial charge < -0.3 is 10.6 Å². The fourth-order valence-corrected chi connectivity index (χ4v) is 2.05. The van der Waals surface area contributed by atoms with Crippen molar-refractivity contribution in [3.63, 3.8) is 0 Å². The monoisotopic (exact) mass is 428 g/mol. The smallest absolute Gasteiger partial charge is 0.191 e. The van der Waals surface area contributed by atoms with Crippen molar-refractivity contribution in [3.8, 4) is 5.69 Å². The molecular formula is C16H25IN6. The fraction of sp³-hybridized carbons (Fsp3) is 0.438. The molecule has 0 saturated carbocycles. The lowest BCUT2D eigenvalue weighted by Gasteiger charge is -2.11. The summed E-state index contributed by atoms with van der Waals surface area (Å²) in [5.41, 5.74) is 1.04. The molecule has 23 heavy (non-hydrogen) atoms. The van der Waals surface area contributed by atoms with E-state index in [2.05, 4.69) is 39.7 Å². The van der Waals surface area contributed by atoms with Crippen LogP contribution in [0.3, 0.4) is 0 Å². The summed E-state index contributed by atoms with van der Waals surface area (Å²) in [4.78, 5) is 4.58. The first-order chi connectivity index (χ1) is 10.8.